The average molecular weight is 322 g/mol. The Balaban J connectivity index is 0. The van der Waals surface area contributed by atoms with Gasteiger partial charge in [-0.25, -0.2) is 4.85 Å². The van der Waals surface area contributed by atoms with E-state index in [1.165, 1.54) is 0 Å². The molecule has 1 N–H and O–H groups in total. The van der Waals surface area contributed by atoms with E-state index in [9.17, 15) is 9.90 Å². The van der Waals surface area contributed by atoms with Crippen molar-refractivity contribution in [1.29, 1.82) is 0 Å². The second-order valence-corrected chi connectivity index (χ2v) is 4.31. The zero-order valence-electron chi connectivity index (χ0n) is 7.35. The summed E-state index contributed by atoms with van der Waals surface area (Å²) in [4.78, 5) is 13.8. The molecular weight excluding hydrogens is 316 g/mol. The van der Waals surface area contributed by atoms with Crippen LogP contribution in [-0.4, -0.2) is 21.5 Å². The van der Waals surface area contributed by atoms with Gasteiger partial charge in [-0.05, 0) is 6.92 Å². The molecular formula is C7H6Cl3CuNO3. The van der Waals surface area contributed by atoms with Crippen LogP contribution in [0, 0.1) is 6.57 Å². The van der Waals surface area contributed by atoms with Crippen molar-refractivity contribution >= 4 is 40.8 Å². The van der Waals surface area contributed by atoms with Crippen molar-refractivity contribution in [3.63, 3.8) is 0 Å². The third kappa shape index (κ3) is 5.50. The van der Waals surface area contributed by atoms with Gasteiger partial charge in [-0.1, -0.05) is 34.8 Å². The molecule has 0 saturated heterocycles. The normalized spacial score (nSPS) is 11.9. The minimum Gasteiger partial charge on any atom is -0.519 e. The molecule has 0 bridgehead atoms. The van der Waals surface area contributed by atoms with Crippen molar-refractivity contribution in [3.05, 3.63) is 22.9 Å². The minimum atomic E-state index is -2.20. The number of carbonyl (C=O) groups is 1. The van der Waals surface area contributed by atoms with Crippen LogP contribution >= 0.6 is 34.8 Å². The molecule has 0 aromatic rings. The Morgan fingerprint density at radius 2 is 2.00 bits per heavy atom. The summed E-state index contributed by atoms with van der Waals surface area (Å²) in [5.74, 6) is -1.96. The van der Waals surface area contributed by atoms with Gasteiger partial charge in [-0.2, -0.15) is 0 Å². The molecule has 0 aromatic carbocycles. The molecule has 0 aliphatic heterocycles. The summed E-state index contributed by atoms with van der Waals surface area (Å²) in [6, 6.07) is 0. The van der Waals surface area contributed by atoms with Gasteiger partial charge in [0.15, 0.2) is 5.76 Å². The number of ether oxygens (including phenoxy) is 1. The van der Waals surface area contributed by atoms with E-state index in [4.69, 9.17) is 41.4 Å². The zero-order chi connectivity index (χ0) is 11.4. The zero-order valence-corrected chi connectivity index (χ0v) is 10.6. The fourth-order valence-electron chi connectivity index (χ4n) is 0.529. The van der Waals surface area contributed by atoms with E-state index in [0.717, 1.165) is 0 Å². The summed E-state index contributed by atoms with van der Waals surface area (Å²) in [6.45, 7) is 8.22. The van der Waals surface area contributed by atoms with E-state index in [1.807, 2.05) is 0 Å². The average Bonchev–Trinajstić information content (AvgIpc) is 2.04. The standard InChI is InChI=1S/C7H6Cl3NO3.Cu/c1-3-14-6(13)4(11-2)5(12)7(8,9)10;/h12H,3H2,1H3;/b5-4+;. The van der Waals surface area contributed by atoms with Crippen molar-refractivity contribution < 1.29 is 31.7 Å². The summed E-state index contributed by atoms with van der Waals surface area (Å²) >= 11 is 15.8. The Morgan fingerprint density at radius 1 is 1.53 bits per heavy atom. The van der Waals surface area contributed by atoms with E-state index in [1.54, 1.807) is 6.92 Å². The summed E-state index contributed by atoms with van der Waals surface area (Å²) in [5, 5.41) is 9.21. The number of carbonyl (C=O) groups excluding carboxylic acids is 1. The quantitative estimate of drug-likeness (QED) is 0.212. The minimum absolute atomic E-state index is 0. The monoisotopic (exact) mass is 320 g/mol. The molecule has 0 amide bonds. The van der Waals surface area contributed by atoms with Crippen molar-refractivity contribution in [3.8, 4) is 0 Å². The van der Waals surface area contributed by atoms with Gasteiger partial charge in [0.05, 0.1) is 13.2 Å². The molecule has 0 atom stereocenters. The molecule has 0 aliphatic carbocycles. The maximum Gasteiger partial charge on any atom is 0.339 e. The maximum absolute atomic E-state index is 11.0. The van der Waals surface area contributed by atoms with Gasteiger partial charge in [-0.15, -0.1) is 0 Å². The first-order valence-electron chi connectivity index (χ1n) is 3.39. The van der Waals surface area contributed by atoms with E-state index in [-0.39, 0.29) is 23.7 Å². The topological polar surface area (TPSA) is 50.9 Å². The van der Waals surface area contributed by atoms with Gasteiger partial charge in [0.1, 0.15) is 0 Å². The fourth-order valence-corrected chi connectivity index (χ4v) is 0.797. The van der Waals surface area contributed by atoms with Crippen LogP contribution in [0.15, 0.2) is 11.5 Å². The third-order valence-electron chi connectivity index (χ3n) is 1.07. The van der Waals surface area contributed by atoms with Crippen molar-refractivity contribution in [2.24, 2.45) is 0 Å². The Bertz CT molecular complexity index is 306. The van der Waals surface area contributed by atoms with Crippen LogP contribution in [-0.2, 0) is 26.6 Å². The number of alkyl halides is 3. The molecule has 8 heteroatoms. The number of halogens is 3. The van der Waals surface area contributed by atoms with Crippen LogP contribution in [0.5, 0.6) is 0 Å². The number of aliphatic hydroxyl groups is 1. The van der Waals surface area contributed by atoms with Crippen LogP contribution in [0.4, 0.5) is 0 Å². The molecule has 89 valence electrons. The summed E-state index contributed by atoms with van der Waals surface area (Å²) < 4.78 is 2.26. The van der Waals surface area contributed by atoms with Crippen LogP contribution < -0.4 is 0 Å². The Labute approximate surface area is 112 Å². The van der Waals surface area contributed by atoms with Gasteiger partial charge < -0.3 is 9.84 Å². The molecule has 0 aliphatic rings. The van der Waals surface area contributed by atoms with Crippen LogP contribution in [0.3, 0.4) is 0 Å². The predicted octanol–water partition coefficient (Wildman–Crippen LogP) is 2.61. The Kier molecular flexibility index (Phi) is 8.31. The number of hydrogen-bond donors (Lipinski definition) is 1. The first kappa shape index (κ1) is 17.3. The van der Waals surface area contributed by atoms with Crippen LogP contribution in [0.1, 0.15) is 6.92 Å². The van der Waals surface area contributed by atoms with E-state index in [2.05, 4.69) is 9.58 Å². The van der Waals surface area contributed by atoms with Crippen molar-refractivity contribution in [2.75, 3.05) is 6.61 Å². The second kappa shape index (κ2) is 7.21. The third-order valence-corrected chi connectivity index (χ3v) is 1.61. The number of aliphatic hydroxyl groups excluding tert-OH is 1. The van der Waals surface area contributed by atoms with E-state index < -0.39 is 21.2 Å². The Hall–Kier alpha value is -0.111. The first-order chi connectivity index (χ1) is 6.34. The molecule has 4 nitrogen and oxygen atoms in total. The molecule has 0 rings (SSSR count). The van der Waals surface area contributed by atoms with Gasteiger partial charge in [0.2, 0.25) is 3.79 Å². The summed E-state index contributed by atoms with van der Waals surface area (Å²) in [7, 11) is 0. The summed E-state index contributed by atoms with van der Waals surface area (Å²) in [5.41, 5.74) is -0.730. The number of esters is 1. The smallest absolute Gasteiger partial charge is 0.339 e. The molecule has 15 heavy (non-hydrogen) atoms. The summed E-state index contributed by atoms with van der Waals surface area (Å²) in [6.07, 6.45) is 0. The van der Waals surface area contributed by atoms with E-state index in [0.29, 0.717) is 0 Å². The molecule has 0 unspecified atom stereocenters. The van der Waals surface area contributed by atoms with Crippen LogP contribution in [0.25, 0.3) is 4.85 Å². The van der Waals surface area contributed by atoms with Crippen LogP contribution in [0.2, 0.25) is 0 Å². The van der Waals surface area contributed by atoms with Gasteiger partial charge in [0, 0.05) is 17.1 Å². The largest absolute Gasteiger partial charge is 0.519 e. The number of hydrogen-bond acceptors (Lipinski definition) is 3. The molecule has 0 spiro atoms. The molecule has 0 fully saturated rings. The molecule has 0 saturated carbocycles. The van der Waals surface area contributed by atoms with E-state index >= 15 is 0 Å². The Morgan fingerprint density at radius 3 is 2.27 bits per heavy atom. The second-order valence-electron chi connectivity index (χ2n) is 2.03. The van der Waals surface area contributed by atoms with Gasteiger partial charge >= 0.3 is 11.7 Å². The van der Waals surface area contributed by atoms with Crippen molar-refractivity contribution in [1.82, 2.24) is 0 Å². The number of allylic oxidation sites excluding steroid dienone is 1. The fraction of sp³-hybridized carbons (Fsp3) is 0.429. The number of nitrogens with zero attached hydrogens (tertiary/aromatic N) is 1. The molecule has 0 aromatic heterocycles. The van der Waals surface area contributed by atoms with Crippen molar-refractivity contribution in [2.45, 2.75) is 10.7 Å². The van der Waals surface area contributed by atoms with Gasteiger partial charge in [-0.3, -0.25) is 4.79 Å². The molecule has 0 heterocycles. The predicted molar refractivity (Wildman–Crippen MR) is 53.2 cm³/mol. The van der Waals surface area contributed by atoms with Gasteiger partial charge in [0.25, 0.3) is 0 Å². The molecule has 1 radical (unpaired) electrons. The number of rotatable bonds is 2. The first-order valence-corrected chi connectivity index (χ1v) is 4.53. The SMILES string of the molecule is [C-]#[N+]/C(C(=O)OCC)=C(/O)C(Cl)(Cl)Cl.[Cu]. The maximum atomic E-state index is 11.0.